The van der Waals surface area contributed by atoms with Crippen molar-refractivity contribution >= 4 is 0 Å². The lowest BCUT2D eigenvalue weighted by atomic mass is 10.0. The fourth-order valence-electron chi connectivity index (χ4n) is 2.97. The molecule has 136 valence electrons. The van der Waals surface area contributed by atoms with Gasteiger partial charge >= 0.3 is 0 Å². The van der Waals surface area contributed by atoms with Crippen molar-refractivity contribution < 1.29 is 14.9 Å². The van der Waals surface area contributed by atoms with Crippen LogP contribution in [-0.2, 0) is 17.6 Å². The lowest BCUT2D eigenvalue weighted by Crippen LogP contribution is -2.43. The number of aliphatic hydroxyl groups is 2. The average Bonchev–Trinajstić information content (AvgIpc) is 2.66. The normalized spacial score (nSPS) is 12.4. The third kappa shape index (κ3) is 7.36. The van der Waals surface area contributed by atoms with Crippen LogP contribution in [0.3, 0.4) is 0 Å². The van der Waals surface area contributed by atoms with Crippen LogP contribution in [0.15, 0.2) is 60.7 Å². The summed E-state index contributed by atoms with van der Waals surface area (Å²) in [7, 11) is 0. The maximum absolute atomic E-state index is 9.33. The van der Waals surface area contributed by atoms with E-state index in [0.29, 0.717) is 26.3 Å². The molecule has 25 heavy (non-hydrogen) atoms. The number of hydrogen-bond acceptors (Lipinski definition) is 4. The van der Waals surface area contributed by atoms with E-state index in [9.17, 15) is 10.2 Å². The number of aliphatic hydroxyl groups excluding tert-OH is 2. The van der Waals surface area contributed by atoms with Crippen LogP contribution in [0.1, 0.15) is 11.1 Å². The molecule has 0 heterocycles. The van der Waals surface area contributed by atoms with E-state index in [1.807, 2.05) is 36.4 Å². The third-order valence-corrected chi connectivity index (χ3v) is 4.29. The summed E-state index contributed by atoms with van der Waals surface area (Å²) < 4.78 is 5.94. The topological polar surface area (TPSA) is 52.9 Å². The second-order valence-corrected chi connectivity index (χ2v) is 6.14. The molecule has 1 atom stereocenters. The smallest absolute Gasteiger partial charge is 0.0625 e. The molecule has 0 fully saturated rings. The monoisotopic (exact) mass is 343 g/mol. The van der Waals surface area contributed by atoms with Crippen molar-refractivity contribution in [2.45, 2.75) is 18.9 Å². The van der Waals surface area contributed by atoms with E-state index in [0.717, 1.165) is 12.8 Å². The van der Waals surface area contributed by atoms with Gasteiger partial charge in [-0.3, -0.25) is 4.90 Å². The number of rotatable bonds is 12. The number of ether oxygens (including phenoxy) is 1. The highest BCUT2D eigenvalue weighted by Gasteiger charge is 2.18. The molecule has 0 saturated carbocycles. The Hall–Kier alpha value is -1.72. The summed E-state index contributed by atoms with van der Waals surface area (Å²) >= 11 is 0. The lowest BCUT2D eigenvalue weighted by Gasteiger charge is -2.30. The second kappa shape index (κ2) is 11.8. The van der Waals surface area contributed by atoms with E-state index in [4.69, 9.17) is 4.74 Å². The van der Waals surface area contributed by atoms with Crippen LogP contribution in [0.4, 0.5) is 0 Å². The summed E-state index contributed by atoms with van der Waals surface area (Å²) in [6.45, 7) is 2.49. The lowest BCUT2D eigenvalue weighted by molar-refractivity contribution is 0.0435. The molecule has 0 spiro atoms. The maximum atomic E-state index is 9.33. The molecule has 0 amide bonds. The third-order valence-electron chi connectivity index (χ3n) is 4.29. The molecule has 0 aliphatic rings. The van der Waals surface area contributed by atoms with E-state index >= 15 is 0 Å². The minimum absolute atomic E-state index is 0.0787. The quantitative estimate of drug-likeness (QED) is 0.580. The van der Waals surface area contributed by atoms with Crippen LogP contribution in [-0.4, -0.2) is 60.7 Å². The summed E-state index contributed by atoms with van der Waals surface area (Å²) in [5, 5.41) is 18.7. The summed E-state index contributed by atoms with van der Waals surface area (Å²) in [4.78, 5) is 2.11. The van der Waals surface area contributed by atoms with Crippen LogP contribution in [0.2, 0.25) is 0 Å². The van der Waals surface area contributed by atoms with Gasteiger partial charge in [-0.05, 0) is 24.0 Å². The van der Waals surface area contributed by atoms with E-state index in [-0.39, 0.29) is 19.3 Å². The van der Waals surface area contributed by atoms with E-state index in [2.05, 4.69) is 29.2 Å². The molecule has 2 rings (SSSR count). The van der Waals surface area contributed by atoms with Crippen molar-refractivity contribution in [1.29, 1.82) is 0 Å². The SMILES string of the molecule is OCCN(CCO)C(COCCc1ccccc1)Cc1ccccc1. The van der Waals surface area contributed by atoms with Gasteiger partial charge in [0.1, 0.15) is 0 Å². The van der Waals surface area contributed by atoms with Gasteiger partial charge in [-0.25, -0.2) is 0 Å². The molecule has 0 aliphatic heterocycles. The molecule has 2 aromatic rings. The highest BCUT2D eigenvalue weighted by molar-refractivity contribution is 5.16. The summed E-state index contributed by atoms with van der Waals surface area (Å²) in [5.74, 6) is 0. The minimum atomic E-state index is 0.0787. The fourth-order valence-corrected chi connectivity index (χ4v) is 2.97. The second-order valence-electron chi connectivity index (χ2n) is 6.14. The molecular formula is C21H29NO3. The highest BCUT2D eigenvalue weighted by atomic mass is 16.5. The van der Waals surface area contributed by atoms with Crippen LogP contribution in [0, 0.1) is 0 Å². The molecule has 1 unspecified atom stereocenters. The van der Waals surface area contributed by atoms with Crippen molar-refractivity contribution in [3.63, 3.8) is 0 Å². The summed E-state index contributed by atoms with van der Waals surface area (Å²) in [6.07, 6.45) is 1.73. The van der Waals surface area contributed by atoms with Crippen LogP contribution in [0.5, 0.6) is 0 Å². The van der Waals surface area contributed by atoms with Gasteiger partial charge in [-0.2, -0.15) is 0 Å². The van der Waals surface area contributed by atoms with Gasteiger partial charge in [0.25, 0.3) is 0 Å². The molecule has 0 radical (unpaired) electrons. The number of nitrogens with zero attached hydrogens (tertiary/aromatic N) is 1. The molecule has 4 nitrogen and oxygen atoms in total. The van der Waals surface area contributed by atoms with E-state index in [1.54, 1.807) is 0 Å². The van der Waals surface area contributed by atoms with Crippen LogP contribution in [0.25, 0.3) is 0 Å². The summed E-state index contributed by atoms with van der Waals surface area (Å²) in [6, 6.07) is 20.7. The Bertz CT molecular complexity index is 556. The van der Waals surface area contributed by atoms with E-state index in [1.165, 1.54) is 11.1 Å². The van der Waals surface area contributed by atoms with Crippen molar-refractivity contribution in [3.05, 3.63) is 71.8 Å². The van der Waals surface area contributed by atoms with Crippen LogP contribution < -0.4 is 0 Å². The van der Waals surface area contributed by atoms with Gasteiger partial charge in [0.15, 0.2) is 0 Å². The fraction of sp³-hybridized carbons (Fsp3) is 0.429. The van der Waals surface area contributed by atoms with Crippen molar-refractivity contribution in [2.24, 2.45) is 0 Å². The molecule has 2 aromatic carbocycles. The van der Waals surface area contributed by atoms with Gasteiger partial charge < -0.3 is 14.9 Å². The predicted molar refractivity (Wildman–Crippen MR) is 101 cm³/mol. The van der Waals surface area contributed by atoms with Gasteiger partial charge in [0.05, 0.1) is 26.4 Å². The zero-order valence-electron chi connectivity index (χ0n) is 14.8. The zero-order valence-corrected chi connectivity index (χ0v) is 14.8. The van der Waals surface area contributed by atoms with Crippen molar-refractivity contribution in [3.8, 4) is 0 Å². The van der Waals surface area contributed by atoms with Gasteiger partial charge in [0, 0.05) is 19.1 Å². The van der Waals surface area contributed by atoms with Gasteiger partial charge in [0.2, 0.25) is 0 Å². The van der Waals surface area contributed by atoms with E-state index < -0.39 is 0 Å². The molecule has 0 saturated heterocycles. The molecule has 4 heteroatoms. The van der Waals surface area contributed by atoms with Gasteiger partial charge in [-0.15, -0.1) is 0 Å². The van der Waals surface area contributed by atoms with Gasteiger partial charge in [-0.1, -0.05) is 60.7 Å². The Balaban J connectivity index is 1.90. The first kappa shape index (κ1) is 19.6. The molecule has 0 aliphatic carbocycles. The van der Waals surface area contributed by atoms with Crippen molar-refractivity contribution in [2.75, 3.05) is 39.5 Å². The first-order chi connectivity index (χ1) is 12.3. The van der Waals surface area contributed by atoms with Crippen molar-refractivity contribution in [1.82, 2.24) is 4.90 Å². The minimum Gasteiger partial charge on any atom is -0.395 e. The Morgan fingerprint density at radius 1 is 0.800 bits per heavy atom. The Morgan fingerprint density at radius 3 is 1.92 bits per heavy atom. The molecule has 0 bridgehead atoms. The molecule has 0 aromatic heterocycles. The van der Waals surface area contributed by atoms with Crippen LogP contribution >= 0.6 is 0 Å². The Morgan fingerprint density at radius 2 is 1.36 bits per heavy atom. The number of benzene rings is 2. The maximum Gasteiger partial charge on any atom is 0.0625 e. The highest BCUT2D eigenvalue weighted by Crippen LogP contribution is 2.10. The zero-order chi connectivity index (χ0) is 17.7. The molecule has 2 N–H and O–H groups in total. The summed E-state index contributed by atoms with van der Waals surface area (Å²) in [5.41, 5.74) is 2.50. The molecular weight excluding hydrogens is 314 g/mol. The number of hydrogen-bond donors (Lipinski definition) is 2. The largest absolute Gasteiger partial charge is 0.395 e. The Kier molecular flexibility index (Phi) is 9.23. The first-order valence-corrected chi connectivity index (χ1v) is 8.95. The Labute approximate surface area is 150 Å². The standard InChI is InChI=1S/C21H29NO3/c23-14-12-22(13-15-24)21(17-20-9-5-2-6-10-20)18-25-16-11-19-7-3-1-4-8-19/h1-10,21,23-24H,11-18H2. The predicted octanol–water partition coefficient (Wildman–Crippen LogP) is 2.14. The average molecular weight is 343 g/mol. The first-order valence-electron chi connectivity index (χ1n) is 8.95.